The summed E-state index contributed by atoms with van der Waals surface area (Å²) < 4.78 is 23.7. The van der Waals surface area contributed by atoms with Gasteiger partial charge in [0.1, 0.15) is 6.67 Å². The molecule has 0 N–H and O–H groups in total. The zero-order valence-corrected chi connectivity index (χ0v) is 11.2. The second kappa shape index (κ2) is 8.01. The number of ether oxygens (including phenoxy) is 2. The quantitative estimate of drug-likeness (QED) is 0.614. The van der Waals surface area contributed by atoms with Crippen molar-refractivity contribution in [1.29, 1.82) is 0 Å². The third kappa shape index (κ3) is 4.90. The molecule has 0 aromatic carbocycles. The molecular formula is C13H26FNO2. The Morgan fingerprint density at radius 3 is 2.41 bits per heavy atom. The van der Waals surface area contributed by atoms with Crippen molar-refractivity contribution in [1.82, 2.24) is 4.90 Å². The largest absolute Gasteiger partial charge is 0.353 e. The Hall–Kier alpha value is -0.190. The molecule has 0 aromatic rings. The van der Waals surface area contributed by atoms with E-state index >= 15 is 0 Å². The maximum Gasteiger partial charge on any atom is 0.167 e. The van der Waals surface area contributed by atoms with E-state index in [4.69, 9.17) is 9.47 Å². The predicted molar refractivity (Wildman–Crippen MR) is 66.9 cm³/mol. The van der Waals surface area contributed by atoms with Gasteiger partial charge in [0, 0.05) is 33.0 Å². The fourth-order valence-electron chi connectivity index (χ4n) is 2.41. The first-order valence-corrected chi connectivity index (χ1v) is 6.74. The number of nitrogens with zero attached hydrogens (tertiary/aromatic N) is 1. The molecule has 0 atom stereocenters. The van der Waals surface area contributed by atoms with Crippen molar-refractivity contribution in [2.75, 3.05) is 40.0 Å². The van der Waals surface area contributed by atoms with Crippen LogP contribution in [0.1, 0.15) is 39.0 Å². The maximum absolute atomic E-state index is 12.2. The average molecular weight is 246 g/mol. The fourth-order valence-corrected chi connectivity index (χ4v) is 2.41. The van der Waals surface area contributed by atoms with Gasteiger partial charge in [0.05, 0.1) is 6.61 Å². The van der Waals surface area contributed by atoms with Crippen molar-refractivity contribution in [3.8, 4) is 0 Å². The standard InChI is InChI=1S/C13H26FNO2/c1-3-15(10-9-14)11-12-17-13(16-2)7-5-4-6-8-13/h3-12H2,1-2H3/i14-1. The molecule has 1 aliphatic rings. The van der Waals surface area contributed by atoms with Gasteiger partial charge in [-0.3, -0.25) is 4.90 Å². The highest BCUT2D eigenvalue weighted by molar-refractivity contribution is 4.75. The molecule has 0 aromatic heterocycles. The van der Waals surface area contributed by atoms with Crippen LogP contribution in [0.2, 0.25) is 0 Å². The van der Waals surface area contributed by atoms with E-state index in [0.29, 0.717) is 13.2 Å². The molecule has 0 bridgehead atoms. The highest BCUT2D eigenvalue weighted by atomic mass is 18.2. The molecule has 0 aliphatic heterocycles. The molecule has 1 fully saturated rings. The Labute approximate surface area is 104 Å². The smallest absolute Gasteiger partial charge is 0.167 e. The van der Waals surface area contributed by atoms with Crippen LogP contribution in [0.25, 0.3) is 0 Å². The summed E-state index contributed by atoms with van der Waals surface area (Å²) in [5.74, 6) is -0.368. The Morgan fingerprint density at radius 1 is 1.18 bits per heavy atom. The van der Waals surface area contributed by atoms with Crippen molar-refractivity contribution in [2.45, 2.75) is 44.8 Å². The maximum atomic E-state index is 12.2. The minimum Gasteiger partial charge on any atom is -0.353 e. The Balaban J connectivity index is 2.27. The van der Waals surface area contributed by atoms with E-state index in [1.807, 2.05) is 6.92 Å². The monoisotopic (exact) mass is 246 g/mol. The van der Waals surface area contributed by atoms with Gasteiger partial charge < -0.3 is 9.47 Å². The number of hydrogen-bond donors (Lipinski definition) is 0. The van der Waals surface area contributed by atoms with Gasteiger partial charge in [0.25, 0.3) is 0 Å². The summed E-state index contributed by atoms with van der Waals surface area (Å²) in [5.41, 5.74) is 0. The van der Waals surface area contributed by atoms with Gasteiger partial charge in [0.15, 0.2) is 5.79 Å². The van der Waals surface area contributed by atoms with E-state index in [-0.39, 0.29) is 12.5 Å². The number of hydrogen-bond acceptors (Lipinski definition) is 3. The summed E-state index contributed by atoms with van der Waals surface area (Å²) in [7, 11) is 1.73. The van der Waals surface area contributed by atoms with E-state index in [2.05, 4.69) is 4.90 Å². The van der Waals surface area contributed by atoms with Crippen LogP contribution in [-0.4, -0.2) is 50.7 Å². The summed E-state index contributed by atoms with van der Waals surface area (Å²) in [6.07, 6.45) is 5.60. The van der Waals surface area contributed by atoms with Crippen molar-refractivity contribution in [2.24, 2.45) is 0 Å². The Kier molecular flexibility index (Phi) is 7.00. The molecule has 0 radical (unpaired) electrons. The first kappa shape index (κ1) is 14.9. The molecule has 3 nitrogen and oxygen atoms in total. The lowest BCUT2D eigenvalue weighted by atomic mass is 9.94. The molecule has 1 aliphatic carbocycles. The highest BCUT2D eigenvalue weighted by Gasteiger charge is 2.32. The van der Waals surface area contributed by atoms with E-state index in [0.717, 1.165) is 25.9 Å². The first-order valence-electron chi connectivity index (χ1n) is 6.74. The molecule has 0 unspecified atom stereocenters. The molecule has 1 rings (SSSR count). The minimum absolute atomic E-state index is 0.288. The molecule has 17 heavy (non-hydrogen) atoms. The van der Waals surface area contributed by atoms with E-state index < -0.39 is 0 Å². The lowest BCUT2D eigenvalue weighted by Crippen LogP contribution is -2.40. The van der Waals surface area contributed by atoms with E-state index in [9.17, 15) is 4.39 Å². The van der Waals surface area contributed by atoms with Crippen LogP contribution < -0.4 is 0 Å². The lowest BCUT2D eigenvalue weighted by Gasteiger charge is -2.36. The molecule has 4 heteroatoms. The molecule has 102 valence electrons. The van der Waals surface area contributed by atoms with Crippen LogP contribution in [0.15, 0.2) is 0 Å². The second-order valence-electron chi connectivity index (χ2n) is 4.65. The van der Waals surface area contributed by atoms with Crippen LogP contribution in [0.4, 0.5) is 4.39 Å². The van der Waals surface area contributed by atoms with Crippen LogP contribution in [-0.2, 0) is 9.47 Å². The van der Waals surface area contributed by atoms with Gasteiger partial charge >= 0.3 is 0 Å². The Morgan fingerprint density at radius 2 is 1.88 bits per heavy atom. The molecule has 0 amide bonds. The fraction of sp³-hybridized carbons (Fsp3) is 1.00. The van der Waals surface area contributed by atoms with Crippen molar-refractivity contribution < 1.29 is 13.9 Å². The number of methoxy groups -OCH3 is 1. The summed E-state index contributed by atoms with van der Waals surface area (Å²) in [6.45, 7) is 4.53. The molecular weight excluding hydrogens is 220 g/mol. The van der Waals surface area contributed by atoms with Gasteiger partial charge in [-0.25, -0.2) is 4.39 Å². The minimum atomic E-state index is -0.368. The number of halogens is 1. The van der Waals surface area contributed by atoms with Crippen LogP contribution in [0, 0.1) is 0 Å². The van der Waals surface area contributed by atoms with Crippen molar-refractivity contribution in [3.05, 3.63) is 0 Å². The second-order valence-corrected chi connectivity index (χ2v) is 4.65. The number of rotatable bonds is 8. The summed E-state index contributed by atoms with van der Waals surface area (Å²) in [5, 5.41) is 0. The van der Waals surface area contributed by atoms with Crippen molar-refractivity contribution in [3.63, 3.8) is 0 Å². The first-order chi connectivity index (χ1) is 8.26. The topological polar surface area (TPSA) is 21.7 Å². The van der Waals surface area contributed by atoms with E-state index in [1.54, 1.807) is 7.11 Å². The van der Waals surface area contributed by atoms with Crippen molar-refractivity contribution >= 4 is 0 Å². The zero-order valence-electron chi connectivity index (χ0n) is 11.2. The van der Waals surface area contributed by atoms with Gasteiger partial charge in [-0.1, -0.05) is 13.3 Å². The zero-order chi connectivity index (χ0) is 12.6. The lowest BCUT2D eigenvalue weighted by molar-refractivity contribution is -0.239. The summed E-state index contributed by atoms with van der Waals surface area (Å²) >= 11 is 0. The SMILES string of the molecule is CCN(CC[18F])CCOC1(OC)CCCCC1. The highest BCUT2D eigenvalue weighted by Crippen LogP contribution is 2.31. The van der Waals surface area contributed by atoms with E-state index in [1.165, 1.54) is 19.3 Å². The Bertz CT molecular complexity index is 196. The molecule has 0 saturated heterocycles. The van der Waals surface area contributed by atoms with Crippen LogP contribution in [0.3, 0.4) is 0 Å². The van der Waals surface area contributed by atoms with Crippen LogP contribution in [0.5, 0.6) is 0 Å². The van der Waals surface area contributed by atoms with Gasteiger partial charge in [-0.2, -0.15) is 0 Å². The normalized spacial score (nSPS) is 19.8. The third-order valence-corrected chi connectivity index (χ3v) is 3.61. The van der Waals surface area contributed by atoms with Crippen LogP contribution >= 0.6 is 0 Å². The van der Waals surface area contributed by atoms with Gasteiger partial charge in [-0.05, 0) is 19.4 Å². The summed E-state index contributed by atoms with van der Waals surface area (Å²) in [4.78, 5) is 2.06. The molecule has 0 heterocycles. The number of likely N-dealkylation sites (N-methyl/N-ethyl adjacent to an activating group) is 1. The average Bonchev–Trinajstić information content (AvgIpc) is 2.39. The van der Waals surface area contributed by atoms with Gasteiger partial charge in [0.2, 0.25) is 0 Å². The van der Waals surface area contributed by atoms with Gasteiger partial charge in [-0.15, -0.1) is 0 Å². The third-order valence-electron chi connectivity index (χ3n) is 3.61. The molecule has 1 saturated carbocycles. The molecule has 0 spiro atoms. The number of alkyl halides is 1. The summed E-state index contributed by atoms with van der Waals surface area (Å²) in [6, 6.07) is 0. The predicted octanol–water partition coefficient (Wildman–Crippen LogP) is 2.60.